The molecule has 3 N–H and O–H groups in total. The second-order valence-corrected chi connectivity index (χ2v) is 5.12. The Hall–Kier alpha value is -3.15. The number of hydrogen-bond acceptors (Lipinski definition) is 3. The van der Waals surface area contributed by atoms with Gasteiger partial charge in [-0.2, -0.15) is 0 Å². The number of nitrogens with one attached hydrogen (secondary N) is 1. The third-order valence-electron chi connectivity index (χ3n) is 3.31. The molecule has 0 aromatic heterocycles. The van der Waals surface area contributed by atoms with Crippen LogP contribution in [0.5, 0.6) is 5.75 Å². The van der Waals surface area contributed by atoms with Crippen LogP contribution in [0.4, 0.5) is 4.39 Å². The Balaban J connectivity index is 2.02. The van der Waals surface area contributed by atoms with Crippen LogP contribution in [0, 0.1) is 5.82 Å². The predicted octanol–water partition coefficient (Wildman–Crippen LogP) is 2.36. The summed E-state index contributed by atoms with van der Waals surface area (Å²) in [4.78, 5) is 23.1. The minimum Gasteiger partial charge on any atom is -0.508 e. The Morgan fingerprint density at radius 3 is 2.42 bits per heavy atom. The third kappa shape index (κ3) is 4.95. The van der Waals surface area contributed by atoms with Crippen LogP contribution in [0.1, 0.15) is 11.1 Å². The molecule has 0 bridgehead atoms. The molecule has 6 heteroatoms. The normalized spacial score (nSPS) is 12.0. The summed E-state index contributed by atoms with van der Waals surface area (Å²) < 4.78 is 13.5. The van der Waals surface area contributed by atoms with Crippen molar-refractivity contribution in [2.45, 2.75) is 12.5 Å². The molecule has 0 aliphatic rings. The van der Waals surface area contributed by atoms with E-state index in [9.17, 15) is 24.2 Å². The average Bonchev–Trinajstić information content (AvgIpc) is 2.55. The molecule has 0 unspecified atom stereocenters. The van der Waals surface area contributed by atoms with Gasteiger partial charge in [-0.05, 0) is 29.8 Å². The number of carboxylic acid groups (broad SMARTS) is 1. The molecule has 0 aliphatic heterocycles. The van der Waals surface area contributed by atoms with E-state index in [4.69, 9.17) is 0 Å². The van der Waals surface area contributed by atoms with Crippen LogP contribution in [0.3, 0.4) is 0 Å². The topological polar surface area (TPSA) is 86.6 Å². The highest BCUT2D eigenvalue weighted by Crippen LogP contribution is 2.12. The number of aromatic hydroxyl groups is 1. The van der Waals surface area contributed by atoms with E-state index in [0.29, 0.717) is 5.56 Å². The Bertz CT molecular complexity index is 756. The fraction of sp³-hybridized carbons (Fsp3) is 0.111. The van der Waals surface area contributed by atoms with Crippen molar-refractivity contribution in [1.82, 2.24) is 5.32 Å². The van der Waals surface area contributed by atoms with Gasteiger partial charge >= 0.3 is 5.97 Å². The van der Waals surface area contributed by atoms with E-state index in [1.807, 2.05) is 0 Å². The fourth-order valence-electron chi connectivity index (χ4n) is 2.06. The largest absolute Gasteiger partial charge is 0.508 e. The molecule has 0 fully saturated rings. The van der Waals surface area contributed by atoms with Crippen LogP contribution in [-0.2, 0) is 16.0 Å². The van der Waals surface area contributed by atoms with Gasteiger partial charge in [0.05, 0.1) is 0 Å². The van der Waals surface area contributed by atoms with E-state index in [2.05, 4.69) is 5.32 Å². The van der Waals surface area contributed by atoms with E-state index >= 15 is 0 Å². The van der Waals surface area contributed by atoms with Crippen LogP contribution in [-0.4, -0.2) is 28.1 Å². The van der Waals surface area contributed by atoms with Gasteiger partial charge in [-0.25, -0.2) is 9.18 Å². The first-order chi connectivity index (χ1) is 11.5. The van der Waals surface area contributed by atoms with Gasteiger partial charge in [-0.1, -0.05) is 30.3 Å². The minimum absolute atomic E-state index is 0.0644. The molecule has 124 valence electrons. The highest BCUT2D eigenvalue weighted by Gasteiger charge is 2.19. The molecular weight excluding hydrogens is 313 g/mol. The van der Waals surface area contributed by atoms with E-state index in [1.54, 1.807) is 18.2 Å². The lowest BCUT2D eigenvalue weighted by molar-refractivity contribution is -0.141. The number of halogens is 1. The summed E-state index contributed by atoms with van der Waals surface area (Å²) in [7, 11) is 0. The molecule has 0 saturated heterocycles. The number of phenols is 1. The standard InChI is InChI=1S/C18H16FNO4/c19-15-4-2-1-3-13(15)7-10-17(22)20-16(18(23)24)11-12-5-8-14(21)9-6-12/h1-10,16,21H,11H2,(H,20,22)(H,23,24)/b10-7+/t16-/m0/s1. The maximum Gasteiger partial charge on any atom is 0.326 e. The summed E-state index contributed by atoms with van der Waals surface area (Å²) in [6.45, 7) is 0. The van der Waals surface area contributed by atoms with Crippen molar-refractivity contribution in [3.05, 3.63) is 71.6 Å². The van der Waals surface area contributed by atoms with Crippen molar-refractivity contribution in [2.75, 3.05) is 0 Å². The summed E-state index contributed by atoms with van der Waals surface area (Å²) in [6, 6.07) is 10.8. The zero-order valence-corrected chi connectivity index (χ0v) is 12.6. The van der Waals surface area contributed by atoms with Gasteiger partial charge in [0.25, 0.3) is 0 Å². The predicted molar refractivity (Wildman–Crippen MR) is 86.8 cm³/mol. The molecule has 2 rings (SSSR count). The van der Waals surface area contributed by atoms with Crippen LogP contribution in [0.25, 0.3) is 6.08 Å². The highest BCUT2D eigenvalue weighted by molar-refractivity contribution is 5.94. The van der Waals surface area contributed by atoms with Crippen molar-refractivity contribution in [2.24, 2.45) is 0 Å². The second-order valence-electron chi connectivity index (χ2n) is 5.12. The SMILES string of the molecule is O=C(/C=C/c1ccccc1F)N[C@@H](Cc1ccc(O)cc1)C(=O)O. The van der Waals surface area contributed by atoms with E-state index in [1.165, 1.54) is 36.4 Å². The van der Waals surface area contributed by atoms with Gasteiger partial charge in [0, 0.05) is 18.1 Å². The van der Waals surface area contributed by atoms with Gasteiger partial charge in [-0.15, -0.1) is 0 Å². The van der Waals surface area contributed by atoms with E-state index in [0.717, 1.165) is 6.08 Å². The Morgan fingerprint density at radius 2 is 1.79 bits per heavy atom. The van der Waals surface area contributed by atoms with Gasteiger partial charge < -0.3 is 15.5 Å². The molecule has 0 spiro atoms. The van der Waals surface area contributed by atoms with Crippen LogP contribution in [0.15, 0.2) is 54.6 Å². The summed E-state index contributed by atoms with van der Waals surface area (Å²) in [5, 5.41) is 20.8. The molecule has 24 heavy (non-hydrogen) atoms. The maximum atomic E-state index is 13.5. The van der Waals surface area contributed by atoms with Crippen LogP contribution >= 0.6 is 0 Å². The second kappa shape index (κ2) is 7.92. The Labute approximate surface area is 138 Å². The highest BCUT2D eigenvalue weighted by atomic mass is 19.1. The molecule has 5 nitrogen and oxygen atoms in total. The number of carbonyl (C=O) groups excluding carboxylic acids is 1. The van der Waals surface area contributed by atoms with Crippen molar-refractivity contribution >= 4 is 18.0 Å². The summed E-state index contributed by atoms with van der Waals surface area (Å²) >= 11 is 0. The minimum atomic E-state index is -1.18. The number of aliphatic carboxylic acids is 1. The third-order valence-corrected chi connectivity index (χ3v) is 3.31. The first-order valence-corrected chi connectivity index (χ1v) is 7.19. The lowest BCUT2D eigenvalue weighted by atomic mass is 10.1. The maximum absolute atomic E-state index is 13.5. The number of carbonyl (C=O) groups is 2. The molecular formula is C18H16FNO4. The van der Waals surface area contributed by atoms with E-state index in [-0.39, 0.29) is 17.7 Å². The molecule has 2 aromatic carbocycles. The number of amides is 1. The molecule has 0 aliphatic carbocycles. The lowest BCUT2D eigenvalue weighted by Crippen LogP contribution is -2.41. The van der Waals surface area contributed by atoms with Crippen molar-refractivity contribution in [3.8, 4) is 5.75 Å². The van der Waals surface area contributed by atoms with Crippen LogP contribution < -0.4 is 5.32 Å². The van der Waals surface area contributed by atoms with E-state index < -0.39 is 23.7 Å². The monoisotopic (exact) mass is 329 g/mol. The van der Waals surface area contributed by atoms with Crippen LogP contribution in [0.2, 0.25) is 0 Å². The smallest absolute Gasteiger partial charge is 0.326 e. The zero-order chi connectivity index (χ0) is 17.5. The first-order valence-electron chi connectivity index (χ1n) is 7.19. The molecule has 2 aromatic rings. The molecule has 1 amide bonds. The summed E-state index contributed by atoms with van der Waals surface area (Å²) in [5.41, 5.74) is 0.886. The number of phenolic OH excluding ortho intramolecular Hbond substituents is 1. The van der Waals surface area contributed by atoms with Crippen molar-refractivity contribution in [1.29, 1.82) is 0 Å². The quantitative estimate of drug-likeness (QED) is 0.710. The first kappa shape index (κ1) is 17.2. The molecule has 0 saturated carbocycles. The van der Waals surface area contributed by atoms with Gasteiger partial charge in [0.1, 0.15) is 17.6 Å². The summed E-state index contributed by atoms with van der Waals surface area (Å²) in [6.07, 6.45) is 2.43. The van der Waals surface area contributed by atoms with Crippen molar-refractivity contribution < 1.29 is 24.2 Å². The number of rotatable bonds is 6. The zero-order valence-electron chi connectivity index (χ0n) is 12.6. The number of benzene rings is 2. The number of carboxylic acids is 1. The van der Waals surface area contributed by atoms with Gasteiger partial charge in [-0.3, -0.25) is 4.79 Å². The average molecular weight is 329 g/mol. The van der Waals surface area contributed by atoms with Gasteiger partial charge in [0.15, 0.2) is 0 Å². The summed E-state index contributed by atoms with van der Waals surface area (Å²) in [5.74, 6) is -2.22. The molecule has 0 radical (unpaired) electrons. The van der Waals surface area contributed by atoms with Gasteiger partial charge in [0.2, 0.25) is 5.91 Å². The Kier molecular flexibility index (Phi) is 5.68. The molecule has 0 heterocycles. The Morgan fingerprint density at radius 1 is 1.12 bits per heavy atom. The lowest BCUT2D eigenvalue weighted by Gasteiger charge is -2.13. The van der Waals surface area contributed by atoms with Crippen molar-refractivity contribution in [3.63, 3.8) is 0 Å². The fourth-order valence-corrected chi connectivity index (χ4v) is 2.06. The molecule has 1 atom stereocenters. The number of hydrogen-bond donors (Lipinski definition) is 3.